The van der Waals surface area contributed by atoms with E-state index in [4.69, 9.17) is 23.2 Å². The van der Waals surface area contributed by atoms with Crippen LogP contribution in [0.25, 0.3) is 0 Å². The van der Waals surface area contributed by atoms with Gasteiger partial charge in [0.1, 0.15) is 0 Å². The Morgan fingerprint density at radius 3 is 2.48 bits per heavy atom. The summed E-state index contributed by atoms with van der Waals surface area (Å²) in [5, 5.41) is 1.02. The second-order valence-electron chi connectivity index (χ2n) is 5.55. The van der Waals surface area contributed by atoms with Gasteiger partial charge < -0.3 is 9.64 Å². The molecule has 0 bridgehead atoms. The molecule has 1 saturated heterocycles. The maximum Gasteiger partial charge on any atom is 0.337 e. The highest BCUT2D eigenvalue weighted by Crippen LogP contribution is 2.29. The minimum Gasteiger partial charge on any atom is -0.465 e. The molecule has 4 nitrogen and oxygen atoms in total. The second kappa shape index (κ2) is 6.97. The SMILES string of the molecule is COC(=O)c1cc(Cl)c(CN2CC[C@H](N(C)C)C2)c(Cl)c1. The number of rotatable bonds is 4. The summed E-state index contributed by atoms with van der Waals surface area (Å²) in [5.74, 6) is -0.431. The van der Waals surface area contributed by atoms with Gasteiger partial charge in [-0.3, -0.25) is 4.90 Å². The number of benzene rings is 1. The molecule has 1 aliphatic rings. The van der Waals surface area contributed by atoms with Crippen molar-refractivity contribution in [3.63, 3.8) is 0 Å². The molecular formula is C15H20Cl2N2O2. The van der Waals surface area contributed by atoms with E-state index in [1.165, 1.54) is 7.11 Å². The molecule has 1 aliphatic heterocycles. The summed E-state index contributed by atoms with van der Waals surface area (Å²) >= 11 is 12.6. The van der Waals surface area contributed by atoms with E-state index in [2.05, 4.69) is 28.6 Å². The van der Waals surface area contributed by atoms with Crippen molar-refractivity contribution in [1.82, 2.24) is 9.80 Å². The first kappa shape index (κ1) is 16.6. The van der Waals surface area contributed by atoms with Crippen LogP contribution in [-0.2, 0) is 11.3 Å². The highest BCUT2D eigenvalue weighted by molar-refractivity contribution is 6.36. The van der Waals surface area contributed by atoms with Gasteiger partial charge in [-0.25, -0.2) is 4.79 Å². The van der Waals surface area contributed by atoms with Gasteiger partial charge in [0, 0.05) is 41.3 Å². The van der Waals surface area contributed by atoms with E-state index in [0.29, 0.717) is 28.2 Å². The molecule has 0 radical (unpaired) electrons. The number of hydrogen-bond acceptors (Lipinski definition) is 4. The molecule has 0 aromatic heterocycles. The molecule has 1 aromatic rings. The van der Waals surface area contributed by atoms with Crippen LogP contribution in [0.5, 0.6) is 0 Å². The smallest absolute Gasteiger partial charge is 0.337 e. The van der Waals surface area contributed by atoms with E-state index < -0.39 is 5.97 Å². The Labute approximate surface area is 135 Å². The number of carbonyl (C=O) groups is 1. The predicted octanol–water partition coefficient (Wildman–Crippen LogP) is 2.92. The molecule has 2 rings (SSSR count). The van der Waals surface area contributed by atoms with Crippen molar-refractivity contribution >= 4 is 29.2 Å². The summed E-state index contributed by atoms with van der Waals surface area (Å²) in [7, 11) is 5.53. The lowest BCUT2D eigenvalue weighted by Gasteiger charge is -2.21. The second-order valence-corrected chi connectivity index (χ2v) is 6.37. The Kier molecular flexibility index (Phi) is 5.49. The molecule has 0 N–H and O–H groups in total. The van der Waals surface area contributed by atoms with Gasteiger partial charge in [0.25, 0.3) is 0 Å². The molecule has 1 aromatic carbocycles. The van der Waals surface area contributed by atoms with Crippen molar-refractivity contribution in [2.45, 2.75) is 19.0 Å². The molecule has 1 fully saturated rings. The summed E-state index contributed by atoms with van der Waals surface area (Å²) in [6.45, 7) is 2.72. The van der Waals surface area contributed by atoms with E-state index in [9.17, 15) is 4.79 Å². The van der Waals surface area contributed by atoms with Gasteiger partial charge in [0.05, 0.1) is 12.7 Å². The van der Waals surface area contributed by atoms with E-state index in [1.807, 2.05) is 0 Å². The molecule has 1 atom stereocenters. The minimum atomic E-state index is -0.431. The molecule has 0 amide bonds. The van der Waals surface area contributed by atoms with E-state index in [1.54, 1.807) is 12.1 Å². The summed E-state index contributed by atoms with van der Waals surface area (Å²) in [6.07, 6.45) is 1.14. The molecule has 21 heavy (non-hydrogen) atoms. The molecule has 116 valence electrons. The lowest BCUT2D eigenvalue weighted by molar-refractivity contribution is 0.0600. The van der Waals surface area contributed by atoms with Gasteiger partial charge in [-0.05, 0) is 32.6 Å². The fraction of sp³-hybridized carbons (Fsp3) is 0.533. The third-order valence-corrected chi connectivity index (χ3v) is 4.60. The monoisotopic (exact) mass is 330 g/mol. The normalized spacial score (nSPS) is 19.2. The van der Waals surface area contributed by atoms with Crippen LogP contribution in [0.3, 0.4) is 0 Å². The zero-order valence-electron chi connectivity index (χ0n) is 12.5. The van der Waals surface area contributed by atoms with E-state index in [-0.39, 0.29) is 0 Å². The van der Waals surface area contributed by atoms with Crippen molar-refractivity contribution in [3.05, 3.63) is 33.3 Å². The Hall–Kier alpha value is -0.810. The Morgan fingerprint density at radius 1 is 1.38 bits per heavy atom. The number of likely N-dealkylation sites (tertiary alicyclic amines) is 1. The minimum absolute atomic E-state index is 0.379. The molecule has 1 heterocycles. The van der Waals surface area contributed by atoms with Crippen LogP contribution in [-0.4, -0.2) is 56.1 Å². The molecule has 6 heteroatoms. The lowest BCUT2D eigenvalue weighted by Crippen LogP contribution is -2.31. The number of likely N-dealkylation sites (N-methyl/N-ethyl adjacent to an activating group) is 1. The van der Waals surface area contributed by atoms with Gasteiger partial charge in [0.15, 0.2) is 0 Å². The topological polar surface area (TPSA) is 32.8 Å². The zero-order chi connectivity index (χ0) is 15.6. The molecule has 0 saturated carbocycles. The maximum absolute atomic E-state index is 11.5. The predicted molar refractivity (Wildman–Crippen MR) is 85.2 cm³/mol. The van der Waals surface area contributed by atoms with Gasteiger partial charge in [-0.1, -0.05) is 23.2 Å². The quantitative estimate of drug-likeness (QED) is 0.795. The number of methoxy groups -OCH3 is 1. The maximum atomic E-state index is 11.5. The number of carbonyl (C=O) groups excluding carboxylic acids is 1. The first-order chi connectivity index (χ1) is 9.92. The van der Waals surface area contributed by atoms with Crippen LogP contribution >= 0.6 is 23.2 Å². The number of ether oxygens (including phenoxy) is 1. The average Bonchev–Trinajstić information content (AvgIpc) is 2.90. The van der Waals surface area contributed by atoms with Gasteiger partial charge in [-0.15, -0.1) is 0 Å². The van der Waals surface area contributed by atoms with E-state index in [0.717, 1.165) is 25.1 Å². The standard InChI is InChI=1S/C15H20Cl2N2O2/c1-18(2)11-4-5-19(8-11)9-12-13(16)6-10(7-14(12)17)15(20)21-3/h6-7,11H,4-5,8-9H2,1-3H3/t11-/m0/s1. The Morgan fingerprint density at radius 2 is 2.00 bits per heavy atom. The van der Waals surface area contributed by atoms with Crippen LogP contribution in [0.15, 0.2) is 12.1 Å². The van der Waals surface area contributed by atoms with Crippen molar-refractivity contribution in [3.8, 4) is 0 Å². The average molecular weight is 331 g/mol. The first-order valence-corrected chi connectivity index (χ1v) is 7.63. The van der Waals surface area contributed by atoms with Gasteiger partial charge in [-0.2, -0.15) is 0 Å². The van der Waals surface area contributed by atoms with Crippen LogP contribution in [0.2, 0.25) is 10.0 Å². The highest BCUT2D eigenvalue weighted by atomic mass is 35.5. The van der Waals surface area contributed by atoms with E-state index >= 15 is 0 Å². The molecular weight excluding hydrogens is 311 g/mol. The van der Waals surface area contributed by atoms with Crippen molar-refractivity contribution in [2.75, 3.05) is 34.3 Å². The van der Waals surface area contributed by atoms with Crippen LogP contribution < -0.4 is 0 Å². The first-order valence-electron chi connectivity index (χ1n) is 6.87. The highest BCUT2D eigenvalue weighted by Gasteiger charge is 2.25. The fourth-order valence-corrected chi connectivity index (χ4v) is 3.20. The summed E-state index contributed by atoms with van der Waals surface area (Å²) in [6, 6.07) is 3.80. The molecule has 0 spiro atoms. The largest absolute Gasteiger partial charge is 0.465 e. The van der Waals surface area contributed by atoms with Crippen LogP contribution in [0, 0.1) is 0 Å². The number of hydrogen-bond donors (Lipinski definition) is 0. The summed E-state index contributed by atoms with van der Waals surface area (Å²) in [4.78, 5) is 16.1. The summed E-state index contributed by atoms with van der Waals surface area (Å²) < 4.78 is 4.69. The number of esters is 1. The number of nitrogens with zero attached hydrogens (tertiary/aromatic N) is 2. The third-order valence-electron chi connectivity index (χ3n) is 3.92. The molecule has 0 unspecified atom stereocenters. The Balaban J connectivity index is 2.13. The molecule has 0 aliphatic carbocycles. The fourth-order valence-electron chi connectivity index (χ4n) is 2.59. The van der Waals surface area contributed by atoms with Crippen LogP contribution in [0.1, 0.15) is 22.3 Å². The third kappa shape index (κ3) is 3.89. The van der Waals surface area contributed by atoms with Crippen molar-refractivity contribution in [2.24, 2.45) is 0 Å². The van der Waals surface area contributed by atoms with Crippen molar-refractivity contribution < 1.29 is 9.53 Å². The zero-order valence-corrected chi connectivity index (χ0v) is 14.0. The van der Waals surface area contributed by atoms with Crippen LogP contribution in [0.4, 0.5) is 0 Å². The number of halogens is 2. The lowest BCUT2D eigenvalue weighted by atomic mass is 10.1. The van der Waals surface area contributed by atoms with Gasteiger partial charge in [0.2, 0.25) is 0 Å². The summed E-state index contributed by atoms with van der Waals surface area (Å²) in [5.41, 5.74) is 1.24. The van der Waals surface area contributed by atoms with Gasteiger partial charge >= 0.3 is 5.97 Å². The Bertz CT molecular complexity index is 511. The van der Waals surface area contributed by atoms with Crippen molar-refractivity contribution in [1.29, 1.82) is 0 Å².